The van der Waals surface area contributed by atoms with Crippen molar-refractivity contribution in [3.63, 3.8) is 0 Å². The van der Waals surface area contributed by atoms with Crippen LogP contribution in [0.5, 0.6) is 0 Å². The molecule has 0 heterocycles. The minimum Gasteiger partial charge on any atom is -0.756 e. The van der Waals surface area contributed by atoms with Gasteiger partial charge in [-0.25, -0.2) is 0 Å². The molecule has 0 aliphatic rings. The molecule has 0 bridgehead atoms. The number of amides is 1. The lowest BCUT2D eigenvalue weighted by molar-refractivity contribution is -0.870. The lowest BCUT2D eigenvalue weighted by atomic mass is 10.1. The molecule has 9 heteroatoms. The Bertz CT molecular complexity index is 917. The molecule has 0 fully saturated rings. The van der Waals surface area contributed by atoms with E-state index in [0.29, 0.717) is 17.4 Å². The van der Waals surface area contributed by atoms with Gasteiger partial charge in [-0.05, 0) is 44.9 Å². The van der Waals surface area contributed by atoms with Crippen molar-refractivity contribution in [2.45, 2.75) is 180 Å². The number of aliphatic hydroxyl groups is 1. The predicted octanol–water partition coefficient (Wildman–Crippen LogP) is 10.1. The fourth-order valence-electron chi connectivity index (χ4n) is 5.54. The van der Waals surface area contributed by atoms with Gasteiger partial charge >= 0.3 is 0 Å². The third kappa shape index (κ3) is 35.1. The lowest BCUT2D eigenvalue weighted by Gasteiger charge is -2.29. The van der Waals surface area contributed by atoms with Crippen LogP contribution in [0, 0.1) is 0 Å². The molecule has 50 heavy (non-hydrogen) atoms. The number of carbonyl (C=O) groups is 1. The number of hydrogen-bond donors (Lipinski definition) is 2. The smallest absolute Gasteiger partial charge is 0.268 e. The molecule has 2 N–H and O–H groups in total. The summed E-state index contributed by atoms with van der Waals surface area (Å²) in [5.41, 5.74) is 0. The van der Waals surface area contributed by atoms with Gasteiger partial charge < -0.3 is 28.8 Å². The summed E-state index contributed by atoms with van der Waals surface area (Å²) in [6, 6.07) is -0.903. The van der Waals surface area contributed by atoms with Gasteiger partial charge in [-0.2, -0.15) is 0 Å². The molecule has 0 aliphatic heterocycles. The zero-order chi connectivity index (χ0) is 37.2. The Morgan fingerprint density at radius 1 is 0.680 bits per heavy atom. The zero-order valence-electron chi connectivity index (χ0n) is 33.1. The third-order valence-electron chi connectivity index (χ3n) is 8.83. The summed E-state index contributed by atoms with van der Waals surface area (Å²) in [7, 11) is 1.23. The maximum Gasteiger partial charge on any atom is 0.268 e. The third-order valence-corrected chi connectivity index (χ3v) is 9.79. The van der Waals surface area contributed by atoms with Crippen LogP contribution in [-0.4, -0.2) is 68.5 Å². The first kappa shape index (κ1) is 48.7. The van der Waals surface area contributed by atoms with E-state index in [-0.39, 0.29) is 12.5 Å². The molecule has 8 nitrogen and oxygen atoms in total. The number of carbonyl (C=O) groups excluding carboxylic acids is 1. The first-order chi connectivity index (χ1) is 24.0. The van der Waals surface area contributed by atoms with E-state index in [1.807, 2.05) is 27.2 Å². The van der Waals surface area contributed by atoms with Gasteiger partial charge in [0.05, 0.1) is 39.9 Å². The maximum absolute atomic E-state index is 12.7. The summed E-state index contributed by atoms with van der Waals surface area (Å²) >= 11 is 0. The SMILES string of the molecule is CCCCCCCCCC/C=C/CC/C=C/CC/C=C/C(O)C(COP(=O)([O-])OCC[N+](C)(C)C)NC(=O)CCCCCCCCCCCC. The maximum atomic E-state index is 12.7. The summed E-state index contributed by atoms with van der Waals surface area (Å²) in [6.45, 7) is 4.58. The van der Waals surface area contributed by atoms with Gasteiger partial charge in [0.1, 0.15) is 13.2 Å². The largest absolute Gasteiger partial charge is 0.756 e. The van der Waals surface area contributed by atoms with Crippen LogP contribution in [0.4, 0.5) is 0 Å². The van der Waals surface area contributed by atoms with Crippen LogP contribution in [0.3, 0.4) is 0 Å². The van der Waals surface area contributed by atoms with Crippen LogP contribution >= 0.6 is 7.82 Å². The average molecular weight is 727 g/mol. The molecule has 0 aromatic rings. The second-order valence-corrected chi connectivity index (χ2v) is 16.4. The van der Waals surface area contributed by atoms with E-state index in [0.717, 1.165) is 44.9 Å². The van der Waals surface area contributed by atoms with Crippen molar-refractivity contribution in [3.05, 3.63) is 36.5 Å². The van der Waals surface area contributed by atoms with E-state index in [1.165, 1.54) is 103 Å². The summed E-state index contributed by atoms with van der Waals surface area (Å²) in [5, 5.41) is 13.7. The summed E-state index contributed by atoms with van der Waals surface area (Å²) in [4.78, 5) is 25.1. The van der Waals surface area contributed by atoms with E-state index >= 15 is 0 Å². The van der Waals surface area contributed by atoms with E-state index in [4.69, 9.17) is 9.05 Å². The normalized spacial score (nSPS) is 14.9. The van der Waals surface area contributed by atoms with E-state index in [2.05, 4.69) is 43.5 Å². The van der Waals surface area contributed by atoms with Gasteiger partial charge in [-0.3, -0.25) is 9.36 Å². The summed E-state index contributed by atoms with van der Waals surface area (Å²) < 4.78 is 23.1. The van der Waals surface area contributed by atoms with Gasteiger partial charge in [-0.1, -0.05) is 153 Å². The molecule has 0 aromatic carbocycles. The van der Waals surface area contributed by atoms with Crippen molar-refractivity contribution in [1.82, 2.24) is 5.32 Å². The molecular formula is C41H79N2O6P. The summed E-state index contributed by atoms with van der Waals surface area (Å²) in [6.07, 6.45) is 39.1. The molecule has 0 saturated heterocycles. The average Bonchev–Trinajstić information content (AvgIpc) is 3.06. The fraction of sp³-hybridized carbons (Fsp3) is 0.829. The highest BCUT2D eigenvalue weighted by Gasteiger charge is 2.23. The van der Waals surface area contributed by atoms with Crippen molar-refractivity contribution >= 4 is 13.7 Å². The lowest BCUT2D eigenvalue weighted by Crippen LogP contribution is -2.45. The summed E-state index contributed by atoms with van der Waals surface area (Å²) in [5.74, 6) is -0.216. The van der Waals surface area contributed by atoms with Crippen LogP contribution in [0.1, 0.15) is 168 Å². The second-order valence-electron chi connectivity index (χ2n) is 15.0. The highest BCUT2D eigenvalue weighted by atomic mass is 31.2. The van der Waals surface area contributed by atoms with E-state index in [1.54, 1.807) is 6.08 Å². The van der Waals surface area contributed by atoms with Crippen LogP contribution in [0.15, 0.2) is 36.5 Å². The molecular weight excluding hydrogens is 647 g/mol. The van der Waals surface area contributed by atoms with Crippen LogP contribution in [-0.2, 0) is 18.4 Å². The molecule has 0 saturated carbocycles. The van der Waals surface area contributed by atoms with Gasteiger partial charge in [0.2, 0.25) is 5.91 Å². The van der Waals surface area contributed by atoms with Crippen LogP contribution in [0.2, 0.25) is 0 Å². The number of phosphoric acid groups is 1. The second kappa shape index (κ2) is 33.5. The van der Waals surface area contributed by atoms with Crippen LogP contribution in [0.25, 0.3) is 0 Å². The molecule has 0 rings (SSSR count). The Hall–Kier alpha value is -1.28. The van der Waals surface area contributed by atoms with Crippen molar-refractivity contribution in [3.8, 4) is 0 Å². The van der Waals surface area contributed by atoms with Crippen molar-refractivity contribution in [2.75, 3.05) is 40.9 Å². The molecule has 1 amide bonds. The first-order valence-corrected chi connectivity index (χ1v) is 21.8. The number of nitrogens with one attached hydrogen (secondary N) is 1. The zero-order valence-corrected chi connectivity index (χ0v) is 34.0. The van der Waals surface area contributed by atoms with E-state index in [9.17, 15) is 19.4 Å². The monoisotopic (exact) mass is 727 g/mol. The Morgan fingerprint density at radius 3 is 1.62 bits per heavy atom. The quantitative estimate of drug-likeness (QED) is 0.0288. The highest BCUT2D eigenvalue weighted by Crippen LogP contribution is 2.38. The number of rotatable bonds is 36. The number of nitrogens with zero attached hydrogens (tertiary/aromatic N) is 1. The highest BCUT2D eigenvalue weighted by molar-refractivity contribution is 7.45. The number of likely N-dealkylation sites (N-methyl/N-ethyl adjacent to an activating group) is 1. The molecule has 0 aromatic heterocycles. The number of unbranched alkanes of at least 4 members (excludes halogenated alkanes) is 19. The Morgan fingerprint density at radius 2 is 1.12 bits per heavy atom. The minimum atomic E-state index is -4.59. The number of hydrogen-bond acceptors (Lipinski definition) is 6. The van der Waals surface area contributed by atoms with Crippen molar-refractivity contribution in [2.24, 2.45) is 0 Å². The molecule has 294 valence electrons. The predicted molar refractivity (Wildman–Crippen MR) is 210 cm³/mol. The van der Waals surface area contributed by atoms with Crippen LogP contribution < -0.4 is 10.2 Å². The Balaban J connectivity index is 4.55. The number of phosphoric ester groups is 1. The number of quaternary nitrogens is 1. The number of allylic oxidation sites excluding steroid dienone is 5. The molecule has 3 atom stereocenters. The van der Waals surface area contributed by atoms with Crippen molar-refractivity contribution < 1.29 is 32.9 Å². The standard InChI is InChI=1S/C41H79N2O6P/c1-6-8-10-12-14-16-18-19-20-21-22-23-24-25-26-28-30-32-34-40(44)39(38-49-50(46,47)48-37-36-43(3,4)5)42-41(45)35-33-31-29-27-17-15-13-11-9-7-2/h21-22,25-26,32,34,39-40,44H,6-20,23-24,27-31,33,35-38H2,1-5H3,(H-,42,45,46,47)/b22-21+,26-25+,34-32+. The minimum absolute atomic E-state index is 0.00832. The van der Waals surface area contributed by atoms with Gasteiger partial charge in [0.15, 0.2) is 0 Å². The Labute approximate surface area is 308 Å². The topological polar surface area (TPSA) is 108 Å². The molecule has 0 aliphatic carbocycles. The van der Waals surface area contributed by atoms with Gasteiger partial charge in [0.25, 0.3) is 7.82 Å². The van der Waals surface area contributed by atoms with Gasteiger partial charge in [-0.15, -0.1) is 0 Å². The van der Waals surface area contributed by atoms with E-state index < -0.39 is 26.6 Å². The van der Waals surface area contributed by atoms with Crippen molar-refractivity contribution in [1.29, 1.82) is 0 Å². The number of aliphatic hydroxyl groups excluding tert-OH is 1. The first-order valence-electron chi connectivity index (χ1n) is 20.4. The molecule has 0 radical (unpaired) electrons. The van der Waals surface area contributed by atoms with Gasteiger partial charge in [0, 0.05) is 6.42 Å². The fourth-order valence-corrected chi connectivity index (χ4v) is 6.26. The molecule has 3 unspecified atom stereocenters. The Kier molecular flexibility index (Phi) is 32.7. The molecule has 0 spiro atoms.